The van der Waals surface area contributed by atoms with Gasteiger partial charge in [0.1, 0.15) is 0 Å². The van der Waals surface area contributed by atoms with Gasteiger partial charge in [0.2, 0.25) is 5.91 Å². The van der Waals surface area contributed by atoms with Crippen molar-refractivity contribution >= 4 is 11.7 Å². The minimum absolute atomic E-state index is 0.00491. The van der Waals surface area contributed by atoms with Crippen LogP contribution in [0.2, 0.25) is 0 Å². The third kappa shape index (κ3) is 4.49. The second kappa shape index (κ2) is 6.00. The van der Waals surface area contributed by atoms with Crippen molar-refractivity contribution < 1.29 is 4.79 Å². The molecule has 0 aliphatic heterocycles. The Labute approximate surface area is 109 Å². The first-order chi connectivity index (χ1) is 8.32. The molecule has 1 rings (SSSR count). The Morgan fingerprint density at radius 3 is 2.67 bits per heavy atom. The molecular formula is C13H24N4O. The van der Waals surface area contributed by atoms with E-state index in [4.69, 9.17) is 0 Å². The minimum atomic E-state index is -0.0674. The predicted octanol–water partition coefficient (Wildman–Crippen LogP) is 2.03. The Morgan fingerprint density at radius 2 is 2.17 bits per heavy atom. The second-order valence-corrected chi connectivity index (χ2v) is 5.66. The monoisotopic (exact) mass is 252 g/mol. The molecule has 1 aromatic heterocycles. The number of nitrogens with one attached hydrogen (secondary N) is 3. The van der Waals surface area contributed by atoms with Gasteiger partial charge >= 0.3 is 0 Å². The van der Waals surface area contributed by atoms with Gasteiger partial charge in [0.15, 0.2) is 5.82 Å². The van der Waals surface area contributed by atoms with Crippen LogP contribution in [0.3, 0.4) is 0 Å². The Kier molecular flexibility index (Phi) is 4.90. The zero-order valence-corrected chi connectivity index (χ0v) is 11.9. The molecule has 1 unspecified atom stereocenters. The van der Waals surface area contributed by atoms with Gasteiger partial charge in [-0.2, -0.15) is 5.10 Å². The van der Waals surface area contributed by atoms with E-state index in [0.29, 0.717) is 18.4 Å². The average Bonchev–Trinajstić information content (AvgIpc) is 2.74. The van der Waals surface area contributed by atoms with Crippen molar-refractivity contribution in [1.82, 2.24) is 15.5 Å². The van der Waals surface area contributed by atoms with Crippen LogP contribution in [0.25, 0.3) is 0 Å². The summed E-state index contributed by atoms with van der Waals surface area (Å²) in [6, 6.07) is 2.22. The number of hydrogen-bond acceptors (Lipinski definition) is 3. The average molecular weight is 252 g/mol. The molecule has 1 aromatic rings. The molecule has 18 heavy (non-hydrogen) atoms. The highest BCUT2D eigenvalue weighted by molar-refractivity contribution is 5.91. The fraction of sp³-hybridized carbons (Fsp3) is 0.692. The standard InChI is InChI=1S/C13H24N4O/c1-6-9(2)14-8-12(18)15-11-7-10(16-17-11)13(3,4)5/h7,9,14H,6,8H2,1-5H3,(H2,15,16,17,18). The maximum Gasteiger partial charge on any atom is 0.239 e. The molecule has 5 nitrogen and oxygen atoms in total. The van der Waals surface area contributed by atoms with E-state index in [0.717, 1.165) is 12.1 Å². The van der Waals surface area contributed by atoms with E-state index >= 15 is 0 Å². The number of carbonyl (C=O) groups excluding carboxylic acids is 1. The van der Waals surface area contributed by atoms with E-state index < -0.39 is 0 Å². The zero-order valence-electron chi connectivity index (χ0n) is 11.9. The zero-order chi connectivity index (χ0) is 13.8. The highest BCUT2D eigenvalue weighted by Gasteiger charge is 2.17. The number of amides is 1. The fourth-order valence-corrected chi connectivity index (χ4v) is 1.37. The van der Waals surface area contributed by atoms with Crippen LogP contribution in [0.15, 0.2) is 6.07 Å². The van der Waals surface area contributed by atoms with Crippen LogP contribution >= 0.6 is 0 Å². The summed E-state index contributed by atoms with van der Waals surface area (Å²) in [5.74, 6) is 0.512. The molecule has 0 fully saturated rings. The van der Waals surface area contributed by atoms with Gasteiger partial charge in [0.25, 0.3) is 0 Å². The summed E-state index contributed by atoms with van der Waals surface area (Å²) in [6.07, 6.45) is 1.00. The van der Waals surface area contributed by atoms with Gasteiger partial charge in [0, 0.05) is 23.2 Å². The summed E-state index contributed by atoms with van der Waals surface area (Å²) in [7, 11) is 0. The second-order valence-electron chi connectivity index (χ2n) is 5.66. The van der Waals surface area contributed by atoms with Crippen molar-refractivity contribution in [1.29, 1.82) is 0 Å². The summed E-state index contributed by atoms with van der Waals surface area (Å²) in [6.45, 7) is 10.7. The predicted molar refractivity (Wildman–Crippen MR) is 73.7 cm³/mol. The molecule has 0 saturated carbocycles. The van der Waals surface area contributed by atoms with Crippen LogP contribution in [-0.2, 0) is 10.2 Å². The van der Waals surface area contributed by atoms with Crippen molar-refractivity contribution in [3.63, 3.8) is 0 Å². The molecule has 0 aliphatic rings. The minimum Gasteiger partial charge on any atom is -0.308 e. The smallest absolute Gasteiger partial charge is 0.239 e. The summed E-state index contributed by atoms with van der Waals surface area (Å²) in [4.78, 5) is 11.7. The molecule has 5 heteroatoms. The SMILES string of the molecule is CCC(C)NCC(=O)Nc1cc(C(C)(C)C)[nH]n1. The fourth-order valence-electron chi connectivity index (χ4n) is 1.37. The molecule has 0 bridgehead atoms. The molecule has 0 radical (unpaired) electrons. The third-order valence-electron chi connectivity index (χ3n) is 2.88. The lowest BCUT2D eigenvalue weighted by atomic mass is 9.92. The van der Waals surface area contributed by atoms with Gasteiger partial charge in [-0.1, -0.05) is 27.7 Å². The molecule has 1 amide bonds. The van der Waals surface area contributed by atoms with Crippen molar-refractivity contribution in [3.8, 4) is 0 Å². The van der Waals surface area contributed by atoms with E-state index in [2.05, 4.69) is 55.4 Å². The van der Waals surface area contributed by atoms with Crippen molar-refractivity contribution in [2.45, 2.75) is 52.5 Å². The van der Waals surface area contributed by atoms with Crippen LogP contribution in [0.1, 0.15) is 46.7 Å². The quantitative estimate of drug-likeness (QED) is 0.751. The first-order valence-electron chi connectivity index (χ1n) is 6.42. The first kappa shape index (κ1) is 14.7. The third-order valence-corrected chi connectivity index (χ3v) is 2.88. The number of rotatable bonds is 5. The van der Waals surface area contributed by atoms with Crippen LogP contribution < -0.4 is 10.6 Å². The number of carbonyl (C=O) groups is 1. The van der Waals surface area contributed by atoms with Gasteiger partial charge in [-0.05, 0) is 13.3 Å². The van der Waals surface area contributed by atoms with Crippen LogP contribution in [0, 0.1) is 0 Å². The molecule has 102 valence electrons. The molecule has 0 saturated heterocycles. The van der Waals surface area contributed by atoms with Crippen molar-refractivity contribution in [2.75, 3.05) is 11.9 Å². The van der Waals surface area contributed by atoms with Crippen molar-refractivity contribution in [3.05, 3.63) is 11.8 Å². The summed E-state index contributed by atoms with van der Waals surface area (Å²) in [5, 5.41) is 12.9. The van der Waals surface area contributed by atoms with Gasteiger partial charge in [0.05, 0.1) is 6.54 Å². The lowest BCUT2D eigenvalue weighted by molar-refractivity contribution is -0.115. The van der Waals surface area contributed by atoms with E-state index in [9.17, 15) is 4.79 Å². The van der Waals surface area contributed by atoms with Gasteiger partial charge in [-0.25, -0.2) is 0 Å². The Morgan fingerprint density at radius 1 is 1.50 bits per heavy atom. The molecule has 0 aliphatic carbocycles. The van der Waals surface area contributed by atoms with Gasteiger partial charge < -0.3 is 10.6 Å². The Balaban J connectivity index is 2.48. The molecule has 3 N–H and O–H groups in total. The van der Waals surface area contributed by atoms with E-state index in [1.165, 1.54) is 0 Å². The number of aromatic nitrogens is 2. The van der Waals surface area contributed by atoms with Crippen LogP contribution in [0.4, 0.5) is 5.82 Å². The van der Waals surface area contributed by atoms with Crippen LogP contribution in [0.5, 0.6) is 0 Å². The summed E-state index contributed by atoms with van der Waals surface area (Å²) >= 11 is 0. The molecular weight excluding hydrogens is 228 g/mol. The molecule has 0 spiro atoms. The highest BCUT2D eigenvalue weighted by Crippen LogP contribution is 2.21. The van der Waals surface area contributed by atoms with E-state index in [1.807, 2.05) is 6.07 Å². The molecule has 1 atom stereocenters. The molecule has 0 aromatic carbocycles. The van der Waals surface area contributed by atoms with E-state index in [1.54, 1.807) is 0 Å². The first-order valence-corrected chi connectivity index (χ1v) is 6.42. The summed E-state index contributed by atoms with van der Waals surface area (Å²) < 4.78 is 0. The number of hydrogen-bond donors (Lipinski definition) is 3. The number of aromatic amines is 1. The van der Waals surface area contributed by atoms with Gasteiger partial charge in [-0.3, -0.25) is 9.89 Å². The Bertz CT molecular complexity index is 392. The largest absolute Gasteiger partial charge is 0.308 e. The summed E-state index contributed by atoms with van der Waals surface area (Å²) in [5.41, 5.74) is 1.01. The van der Waals surface area contributed by atoms with Gasteiger partial charge in [-0.15, -0.1) is 0 Å². The maximum atomic E-state index is 11.7. The maximum absolute atomic E-state index is 11.7. The lowest BCUT2D eigenvalue weighted by Gasteiger charge is -2.14. The number of anilines is 1. The normalized spacial score (nSPS) is 13.4. The van der Waals surface area contributed by atoms with E-state index in [-0.39, 0.29) is 11.3 Å². The topological polar surface area (TPSA) is 69.8 Å². The van der Waals surface area contributed by atoms with Crippen molar-refractivity contribution in [2.24, 2.45) is 0 Å². The Hall–Kier alpha value is -1.36. The number of H-pyrrole nitrogens is 1. The van der Waals surface area contributed by atoms with Crippen LogP contribution in [-0.4, -0.2) is 28.7 Å². The highest BCUT2D eigenvalue weighted by atomic mass is 16.2. The lowest BCUT2D eigenvalue weighted by Crippen LogP contribution is -2.34. The molecule has 1 heterocycles. The number of nitrogens with zero attached hydrogens (tertiary/aromatic N) is 1.